The first-order chi connectivity index (χ1) is 10.2. The zero-order valence-electron chi connectivity index (χ0n) is 11.2. The van der Waals surface area contributed by atoms with Gasteiger partial charge in [-0.1, -0.05) is 23.7 Å². The Morgan fingerprint density at radius 1 is 1.41 bits per heavy atom. The average molecular weight is 347 g/mol. The Labute approximate surface area is 130 Å². The fourth-order valence-electron chi connectivity index (χ4n) is 2.13. The van der Waals surface area contributed by atoms with Crippen LogP contribution in [0.3, 0.4) is 0 Å². The minimum absolute atomic E-state index is 0.145. The Morgan fingerprint density at radius 3 is 2.59 bits per heavy atom. The number of allylic oxidation sites excluding steroid dienone is 1. The zero-order valence-corrected chi connectivity index (χ0v) is 12.8. The Morgan fingerprint density at radius 2 is 2.05 bits per heavy atom. The number of nitro benzene ring substituents is 1. The number of nitrogens with one attached hydrogen (secondary N) is 1. The highest BCUT2D eigenvalue weighted by molar-refractivity contribution is 7.90. The molecule has 1 aliphatic rings. The van der Waals surface area contributed by atoms with Crippen molar-refractivity contribution in [1.29, 1.82) is 0 Å². The second kappa shape index (κ2) is 5.59. The predicted molar refractivity (Wildman–Crippen MR) is 78.5 cm³/mol. The summed E-state index contributed by atoms with van der Waals surface area (Å²) in [5.74, 6) is -0.227. The number of dihydropyridines is 1. The number of methoxy groups -OCH3 is 1. The number of para-hydroxylation sites is 1. The van der Waals surface area contributed by atoms with Crippen molar-refractivity contribution < 1.29 is 22.6 Å². The lowest BCUT2D eigenvalue weighted by molar-refractivity contribution is -0.385. The molecule has 8 nitrogen and oxygen atoms in total. The van der Waals surface area contributed by atoms with Gasteiger partial charge >= 0.3 is 0 Å². The van der Waals surface area contributed by atoms with Gasteiger partial charge in [0.25, 0.3) is 15.8 Å². The van der Waals surface area contributed by atoms with Crippen LogP contribution in [-0.4, -0.2) is 25.0 Å². The number of alkyl halides is 1. The van der Waals surface area contributed by atoms with Crippen LogP contribution in [0.15, 0.2) is 47.2 Å². The molecule has 1 atom stereocenters. The minimum Gasteiger partial charge on any atom is -0.495 e. The molecule has 118 valence electrons. The average Bonchev–Trinajstić information content (AvgIpc) is 2.45. The van der Waals surface area contributed by atoms with Crippen LogP contribution in [0.5, 0.6) is 0 Å². The molecule has 10 heteroatoms. The summed E-state index contributed by atoms with van der Waals surface area (Å²) in [4.78, 5) is 7.66. The van der Waals surface area contributed by atoms with E-state index in [4.69, 9.17) is 16.3 Å². The third-order valence-corrected chi connectivity index (χ3v) is 4.64. The molecule has 0 spiro atoms. The van der Waals surface area contributed by atoms with Crippen molar-refractivity contribution in [2.75, 3.05) is 7.11 Å². The van der Waals surface area contributed by atoms with Crippen LogP contribution in [-0.2, 0) is 19.9 Å². The summed E-state index contributed by atoms with van der Waals surface area (Å²) in [5, 5.41) is 13.7. The molecule has 1 unspecified atom stereocenters. The molecule has 2 rings (SSSR count). The van der Waals surface area contributed by atoms with Gasteiger partial charge in [0.1, 0.15) is 5.76 Å². The molecule has 1 aliphatic heterocycles. The lowest BCUT2D eigenvalue weighted by Crippen LogP contribution is -2.41. The van der Waals surface area contributed by atoms with Crippen LogP contribution < -0.4 is 5.32 Å². The third-order valence-electron chi connectivity index (χ3n) is 3.00. The van der Waals surface area contributed by atoms with E-state index < -0.39 is 30.6 Å². The monoisotopic (exact) mass is 346 g/mol. The van der Waals surface area contributed by atoms with E-state index in [9.17, 15) is 23.1 Å². The Hall–Kier alpha value is -2.10. The molecule has 1 heterocycles. The topological polar surface area (TPSA) is 119 Å². The van der Waals surface area contributed by atoms with Gasteiger partial charge in [0.15, 0.2) is 9.90 Å². The number of nitro groups is 1. The van der Waals surface area contributed by atoms with E-state index in [-0.39, 0.29) is 11.3 Å². The van der Waals surface area contributed by atoms with Gasteiger partial charge in [-0.25, -0.2) is 0 Å². The van der Waals surface area contributed by atoms with Crippen LogP contribution >= 0.6 is 11.6 Å². The molecule has 22 heavy (non-hydrogen) atoms. The summed E-state index contributed by atoms with van der Waals surface area (Å²) in [6.07, 6.45) is 2.51. The second-order valence-corrected chi connectivity index (χ2v) is 6.21. The summed E-state index contributed by atoms with van der Waals surface area (Å²) in [6, 6.07) is 5.33. The first-order valence-corrected chi connectivity index (χ1v) is 7.67. The number of rotatable bonds is 4. The summed E-state index contributed by atoms with van der Waals surface area (Å²) >= 11 is 6.33. The van der Waals surface area contributed by atoms with Gasteiger partial charge in [0.05, 0.1) is 17.6 Å². The molecule has 1 aromatic carbocycles. The van der Waals surface area contributed by atoms with Crippen molar-refractivity contribution >= 4 is 27.4 Å². The van der Waals surface area contributed by atoms with E-state index in [1.54, 1.807) is 0 Å². The fourth-order valence-corrected chi connectivity index (χ4v) is 3.67. The normalized spacial score (nSPS) is 21.4. The van der Waals surface area contributed by atoms with E-state index in [0.717, 1.165) is 0 Å². The van der Waals surface area contributed by atoms with E-state index >= 15 is 0 Å². The van der Waals surface area contributed by atoms with E-state index in [1.807, 2.05) is 0 Å². The Balaban J connectivity index is 2.81. The molecule has 1 aromatic rings. The highest BCUT2D eigenvalue weighted by Gasteiger charge is 2.47. The van der Waals surface area contributed by atoms with Gasteiger partial charge in [-0.3, -0.25) is 14.7 Å². The molecule has 0 aliphatic carbocycles. The maximum Gasteiger partial charge on any atom is 0.298 e. The van der Waals surface area contributed by atoms with Crippen LogP contribution in [0.1, 0.15) is 5.56 Å². The van der Waals surface area contributed by atoms with E-state index in [2.05, 4.69) is 5.32 Å². The molecule has 0 bridgehead atoms. The van der Waals surface area contributed by atoms with E-state index in [1.165, 1.54) is 43.7 Å². The smallest absolute Gasteiger partial charge is 0.298 e. The lowest BCUT2D eigenvalue weighted by atomic mass is 10.0. The number of hydrogen-bond acceptors (Lipinski definition) is 6. The summed E-state index contributed by atoms with van der Waals surface area (Å²) in [6.45, 7) is 0. The van der Waals surface area contributed by atoms with Crippen molar-refractivity contribution in [3.8, 4) is 0 Å². The second-order valence-electron chi connectivity index (χ2n) is 4.28. The van der Waals surface area contributed by atoms with Gasteiger partial charge in [0, 0.05) is 12.3 Å². The zero-order chi connectivity index (χ0) is 16.5. The number of halogens is 1. The highest BCUT2D eigenvalue weighted by Crippen LogP contribution is 2.44. The Bertz CT molecular complexity index is 789. The van der Waals surface area contributed by atoms with Crippen LogP contribution in [0.2, 0.25) is 0 Å². The van der Waals surface area contributed by atoms with Crippen LogP contribution in [0, 0.1) is 10.1 Å². The first kappa shape index (κ1) is 16.3. The summed E-state index contributed by atoms with van der Waals surface area (Å²) in [5.41, 5.74) is -0.551. The fraction of sp³-hybridized carbons (Fsp3) is 0.167. The molecule has 0 saturated carbocycles. The molecule has 0 saturated heterocycles. The van der Waals surface area contributed by atoms with Crippen molar-refractivity contribution in [2.24, 2.45) is 0 Å². The largest absolute Gasteiger partial charge is 0.495 e. The summed E-state index contributed by atoms with van der Waals surface area (Å²) in [7, 11) is -3.61. The van der Waals surface area contributed by atoms with Gasteiger partial charge in [-0.15, -0.1) is 0 Å². The predicted octanol–water partition coefficient (Wildman–Crippen LogP) is 1.85. The van der Waals surface area contributed by atoms with Gasteiger partial charge in [0.2, 0.25) is 0 Å². The van der Waals surface area contributed by atoms with Crippen molar-refractivity contribution in [3.05, 3.63) is 62.9 Å². The maximum absolute atomic E-state index is 11.7. The van der Waals surface area contributed by atoms with Gasteiger partial charge in [-0.2, -0.15) is 8.42 Å². The third kappa shape index (κ3) is 2.65. The minimum atomic E-state index is -4.80. The standard InChI is InChI=1S/C12H11ClN2O6S/c1-21-10-6-7-14-12(13,11(10)22(18,19)20)8-4-2-3-5-9(8)15(16)17/h2-7,14H,1H3,(H,18,19,20). The number of benzene rings is 1. The van der Waals surface area contributed by atoms with Crippen LogP contribution in [0.4, 0.5) is 5.69 Å². The van der Waals surface area contributed by atoms with Crippen LogP contribution in [0.25, 0.3) is 0 Å². The number of hydrogen-bond donors (Lipinski definition) is 2. The van der Waals surface area contributed by atoms with Crippen molar-refractivity contribution in [2.45, 2.75) is 5.00 Å². The first-order valence-electron chi connectivity index (χ1n) is 5.85. The molecular formula is C12H11ClN2O6S. The van der Waals surface area contributed by atoms with Crippen molar-refractivity contribution in [1.82, 2.24) is 5.32 Å². The van der Waals surface area contributed by atoms with Gasteiger partial charge in [-0.05, 0) is 12.1 Å². The van der Waals surface area contributed by atoms with E-state index in [0.29, 0.717) is 0 Å². The summed E-state index contributed by atoms with van der Waals surface area (Å²) < 4.78 is 37.8. The highest BCUT2D eigenvalue weighted by atomic mass is 35.5. The maximum atomic E-state index is 11.7. The SMILES string of the molecule is COC1=C(S(=O)(=O)O)C(Cl)(c2ccccc2[N+](=O)[O-])NC=C1. The quantitative estimate of drug-likeness (QED) is 0.281. The molecule has 0 aromatic heterocycles. The molecule has 0 amide bonds. The number of nitrogens with zero attached hydrogens (tertiary/aromatic N) is 1. The Kier molecular flexibility index (Phi) is 4.14. The molecule has 0 fully saturated rings. The van der Waals surface area contributed by atoms with Gasteiger partial charge < -0.3 is 10.1 Å². The molecule has 0 radical (unpaired) electrons. The molecular weight excluding hydrogens is 336 g/mol. The van der Waals surface area contributed by atoms with Crippen molar-refractivity contribution in [3.63, 3.8) is 0 Å². The molecule has 2 N–H and O–H groups in total. The lowest BCUT2D eigenvalue weighted by Gasteiger charge is -2.32. The number of ether oxygens (including phenoxy) is 1.